The number of ether oxygens (including phenoxy) is 1. The summed E-state index contributed by atoms with van der Waals surface area (Å²) in [5.74, 6) is -0.0637. The van der Waals surface area contributed by atoms with Gasteiger partial charge in [0.25, 0.3) is 0 Å². The lowest BCUT2D eigenvalue weighted by molar-refractivity contribution is 0.0600. The molecular weight excluding hydrogens is 266 g/mol. The minimum absolute atomic E-state index is 0.123. The number of benzene rings is 2. The van der Waals surface area contributed by atoms with Gasteiger partial charge in [0.2, 0.25) is 0 Å². The third-order valence-corrected chi connectivity index (χ3v) is 3.36. The van der Waals surface area contributed by atoms with Crippen molar-refractivity contribution in [2.75, 3.05) is 7.11 Å². The molecule has 0 bridgehead atoms. The minimum Gasteiger partial charge on any atom is -0.508 e. The molecule has 0 aromatic heterocycles. The van der Waals surface area contributed by atoms with Crippen molar-refractivity contribution in [3.05, 3.63) is 65.2 Å². The Morgan fingerprint density at radius 3 is 2.57 bits per heavy atom. The summed E-state index contributed by atoms with van der Waals surface area (Å²) in [6.07, 6.45) is 0. The topological polar surface area (TPSA) is 58.6 Å². The van der Waals surface area contributed by atoms with Gasteiger partial charge in [-0.15, -0.1) is 0 Å². The molecule has 110 valence electrons. The second kappa shape index (κ2) is 6.90. The van der Waals surface area contributed by atoms with Crippen molar-refractivity contribution in [3.8, 4) is 5.75 Å². The van der Waals surface area contributed by atoms with Crippen LogP contribution in [0.4, 0.5) is 0 Å². The fourth-order valence-electron chi connectivity index (χ4n) is 2.06. The van der Waals surface area contributed by atoms with Crippen molar-refractivity contribution in [1.29, 1.82) is 0 Å². The minimum atomic E-state index is -0.331. The first-order chi connectivity index (χ1) is 10.1. The number of carbonyl (C=O) groups excluding carboxylic acids is 1. The van der Waals surface area contributed by atoms with Crippen LogP contribution in [0.2, 0.25) is 0 Å². The number of aromatic hydroxyl groups is 1. The van der Waals surface area contributed by atoms with E-state index in [0.717, 1.165) is 11.1 Å². The number of phenolic OH excluding ortho intramolecular Hbond substituents is 1. The molecule has 1 atom stereocenters. The molecule has 0 aliphatic rings. The Morgan fingerprint density at radius 1 is 1.24 bits per heavy atom. The maximum atomic E-state index is 11.3. The largest absolute Gasteiger partial charge is 0.508 e. The summed E-state index contributed by atoms with van der Waals surface area (Å²) >= 11 is 0. The second-order valence-corrected chi connectivity index (χ2v) is 4.89. The zero-order valence-corrected chi connectivity index (χ0v) is 12.2. The van der Waals surface area contributed by atoms with Crippen LogP contribution in [-0.4, -0.2) is 18.2 Å². The highest BCUT2D eigenvalue weighted by molar-refractivity contribution is 5.89. The van der Waals surface area contributed by atoms with E-state index in [9.17, 15) is 9.90 Å². The highest BCUT2D eigenvalue weighted by Crippen LogP contribution is 2.18. The fourth-order valence-corrected chi connectivity index (χ4v) is 2.06. The lowest BCUT2D eigenvalue weighted by Crippen LogP contribution is -2.18. The van der Waals surface area contributed by atoms with E-state index in [1.54, 1.807) is 24.3 Å². The van der Waals surface area contributed by atoms with E-state index in [4.69, 9.17) is 0 Å². The summed E-state index contributed by atoms with van der Waals surface area (Å²) in [4.78, 5) is 11.3. The highest BCUT2D eigenvalue weighted by Gasteiger charge is 2.07. The van der Waals surface area contributed by atoms with Crippen LogP contribution in [0, 0.1) is 0 Å². The molecule has 2 N–H and O–H groups in total. The first-order valence-electron chi connectivity index (χ1n) is 6.79. The highest BCUT2D eigenvalue weighted by atomic mass is 16.5. The number of rotatable bonds is 5. The third-order valence-electron chi connectivity index (χ3n) is 3.36. The molecular formula is C17H19NO3. The summed E-state index contributed by atoms with van der Waals surface area (Å²) in [6, 6.07) is 14.6. The summed E-state index contributed by atoms with van der Waals surface area (Å²) in [5, 5.41) is 12.9. The van der Waals surface area contributed by atoms with E-state index >= 15 is 0 Å². The molecule has 2 aromatic carbocycles. The van der Waals surface area contributed by atoms with Gasteiger partial charge in [-0.1, -0.05) is 24.3 Å². The van der Waals surface area contributed by atoms with Gasteiger partial charge in [-0.2, -0.15) is 0 Å². The van der Waals surface area contributed by atoms with Gasteiger partial charge in [-0.3, -0.25) is 0 Å². The first-order valence-corrected chi connectivity index (χ1v) is 6.79. The van der Waals surface area contributed by atoms with Crippen molar-refractivity contribution in [3.63, 3.8) is 0 Å². The average molecular weight is 285 g/mol. The van der Waals surface area contributed by atoms with Crippen LogP contribution in [0.25, 0.3) is 0 Å². The molecule has 0 amide bonds. The summed E-state index contributed by atoms with van der Waals surface area (Å²) in [7, 11) is 1.37. The van der Waals surface area contributed by atoms with Crippen LogP contribution in [-0.2, 0) is 11.3 Å². The quantitative estimate of drug-likeness (QED) is 0.829. The molecule has 4 heteroatoms. The predicted molar refractivity (Wildman–Crippen MR) is 81.1 cm³/mol. The maximum absolute atomic E-state index is 11.3. The lowest BCUT2D eigenvalue weighted by atomic mass is 10.1. The van der Waals surface area contributed by atoms with Gasteiger partial charge in [0, 0.05) is 12.6 Å². The van der Waals surface area contributed by atoms with Crippen molar-refractivity contribution in [2.45, 2.75) is 19.5 Å². The number of nitrogens with one attached hydrogen (secondary N) is 1. The fraction of sp³-hybridized carbons (Fsp3) is 0.235. The molecule has 0 heterocycles. The number of methoxy groups -OCH3 is 1. The Labute approximate surface area is 124 Å². The Balaban J connectivity index is 1.95. The zero-order valence-electron chi connectivity index (χ0n) is 12.2. The second-order valence-electron chi connectivity index (χ2n) is 4.89. The molecule has 0 radical (unpaired) electrons. The van der Waals surface area contributed by atoms with Gasteiger partial charge in [0.1, 0.15) is 5.75 Å². The molecule has 2 rings (SSSR count). The monoisotopic (exact) mass is 285 g/mol. The van der Waals surface area contributed by atoms with Gasteiger partial charge in [0.05, 0.1) is 12.7 Å². The van der Waals surface area contributed by atoms with Crippen LogP contribution in [0.5, 0.6) is 5.75 Å². The van der Waals surface area contributed by atoms with E-state index in [1.807, 2.05) is 31.2 Å². The van der Waals surface area contributed by atoms with E-state index < -0.39 is 0 Å². The van der Waals surface area contributed by atoms with Gasteiger partial charge >= 0.3 is 5.97 Å². The number of phenols is 1. The molecule has 4 nitrogen and oxygen atoms in total. The van der Waals surface area contributed by atoms with Crippen LogP contribution in [0.1, 0.15) is 34.5 Å². The molecule has 2 aromatic rings. The SMILES string of the molecule is COC(=O)c1ccc(CNC(C)c2cccc(O)c2)cc1. The Bertz CT molecular complexity index is 608. The predicted octanol–water partition coefficient (Wildman–Crippen LogP) is 3.03. The molecule has 0 aliphatic heterocycles. The van der Waals surface area contributed by atoms with Crippen molar-refractivity contribution in [2.24, 2.45) is 0 Å². The maximum Gasteiger partial charge on any atom is 0.337 e. The first kappa shape index (κ1) is 15.1. The van der Waals surface area contributed by atoms with Crippen LogP contribution in [0.3, 0.4) is 0 Å². The molecule has 21 heavy (non-hydrogen) atoms. The number of hydrogen-bond donors (Lipinski definition) is 2. The molecule has 0 aliphatic carbocycles. The van der Waals surface area contributed by atoms with E-state index in [0.29, 0.717) is 12.1 Å². The smallest absolute Gasteiger partial charge is 0.337 e. The van der Waals surface area contributed by atoms with Gasteiger partial charge in [-0.25, -0.2) is 4.79 Å². The van der Waals surface area contributed by atoms with E-state index in [2.05, 4.69) is 10.1 Å². The Kier molecular flexibility index (Phi) is 4.95. The standard InChI is InChI=1S/C17H19NO3/c1-12(15-4-3-5-16(19)10-15)18-11-13-6-8-14(9-7-13)17(20)21-2/h3-10,12,18-19H,11H2,1-2H3. The number of esters is 1. The number of hydrogen-bond acceptors (Lipinski definition) is 4. The Morgan fingerprint density at radius 2 is 1.95 bits per heavy atom. The van der Waals surface area contributed by atoms with Crippen molar-refractivity contribution >= 4 is 5.97 Å². The number of carbonyl (C=O) groups is 1. The van der Waals surface area contributed by atoms with Gasteiger partial charge in [0.15, 0.2) is 0 Å². The van der Waals surface area contributed by atoms with Crippen molar-refractivity contribution in [1.82, 2.24) is 5.32 Å². The van der Waals surface area contributed by atoms with Crippen LogP contribution in [0.15, 0.2) is 48.5 Å². The van der Waals surface area contributed by atoms with Crippen LogP contribution >= 0.6 is 0 Å². The Hall–Kier alpha value is -2.33. The summed E-state index contributed by atoms with van der Waals surface area (Å²) < 4.78 is 4.67. The summed E-state index contributed by atoms with van der Waals surface area (Å²) in [6.45, 7) is 2.72. The van der Waals surface area contributed by atoms with Crippen molar-refractivity contribution < 1.29 is 14.6 Å². The van der Waals surface area contributed by atoms with E-state index in [-0.39, 0.29) is 17.8 Å². The van der Waals surface area contributed by atoms with Gasteiger partial charge in [-0.05, 0) is 42.3 Å². The zero-order chi connectivity index (χ0) is 15.2. The lowest BCUT2D eigenvalue weighted by Gasteiger charge is -2.14. The summed E-state index contributed by atoms with van der Waals surface area (Å²) in [5.41, 5.74) is 2.65. The normalized spacial score (nSPS) is 11.9. The van der Waals surface area contributed by atoms with Crippen LogP contribution < -0.4 is 5.32 Å². The third kappa shape index (κ3) is 4.07. The molecule has 0 spiro atoms. The molecule has 0 fully saturated rings. The molecule has 0 saturated carbocycles. The van der Waals surface area contributed by atoms with E-state index in [1.165, 1.54) is 7.11 Å². The molecule has 0 saturated heterocycles. The van der Waals surface area contributed by atoms with Gasteiger partial charge < -0.3 is 15.2 Å². The average Bonchev–Trinajstić information content (AvgIpc) is 2.52. The molecule has 1 unspecified atom stereocenters.